The number of hydrogen-bond acceptors (Lipinski definition) is 5. The molecule has 1 atom stereocenters. The van der Waals surface area contributed by atoms with Gasteiger partial charge in [-0.25, -0.2) is 0 Å². The second-order valence-electron chi connectivity index (χ2n) is 7.06. The summed E-state index contributed by atoms with van der Waals surface area (Å²) in [5.74, 6) is -2.41. The number of carbonyl (C=O) groups excluding carboxylic acids is 5. The van der Waals surface area contributed by atoms with Crippen molar-refractivity contribution in [2.75, 3.05) is 0 Å². The molecule has 0 aromatic heterocycles. The van der Waals surface area contributed by atoms with E-state index in [9.17, 15) is 24.0 Å². The maximum Gasteiger partial charge on any atom is 0.258 e. The highest BCUT2D eigenvalue weighted by Crippen LogP contribution is 2.28. The van der Waals surface area contributed by atoms with E-state index in [1.54, 1.807) is 30.3 Å². The lowest BCUT2D eigenvalue weighted by molar-refractivity contribution is -0.136. The Bertz CT molecular complexity index is 1100. The van der Waals surface area contributed by atoms with E-state index in [2.05, 4.69) is 26.6 Å². The lowest BCUT2D eigenvalue weighted by Gasteiger charge is -2.29. The van der Waals surface area contributed by atoms with Crippen LogP contribution >= 0.6 is 15.9 Å². The first-order chi connectivity index (χ1) is 14.3. The quantitative estimate of drug-likeness (QED) is 0.665. The molecule has 0 bridgehead atoms. The first kappa shape index (κ1) is 20.0. The minimum absolute atomic E-state index is 0.165. The highest BCUT2D eigenvalue weighted by Gasteiger charge is 2.39. The van der Waals surface area contributed by atoms with Crippen molar-refractivity contribution in [1.82, 2.24) is 15.5 Å². The van der Waals surface area contributed by atoms with Gasteiger partial charge < -0.3 is 4.90 Å². The van der Waals surface area contributed by atoms with E-state index in [0.29, 0.717) is 16.7 Å². The van der Waals surface area contributed by atoms with E-state index in [1.165, 1.54) is 17.0 Å². The van der Waals surface area contributed by atoms with Crippen LogP contribution in [0, 0.1) is 0 Å². The number of amides is 5. The molecule has 152 valence electrons. The van der Waals surface area contributed by atoms with Gasteiger partial charge in [-0.05, 0) is 48.4 Å². The minimum atomic E-state index is -0.723. The van der Waals surface area contributed by atoms with Crippen LogP contribution in [0.15, 0.2) is 46.9 Å². The molecule has 30 heavy (non-hydrogen) atoms. The van der Waals surface area contributed by atoms with E-state index in [0.717, 1.165) is 4.47 Å². The van der Waals surface area contributed by atoms with E-state index in [-0.39, 0.29) is 36.8 Å². The molecular weight excluding hydrogens is 454 g/mol. The van der Waals surface area contributed by atoms with E-state index < -0.39 is 23.8 Å². The molecule has 0 radical (unpaired) electrons. The van der Waals surface area contributed by atoms with Gasteiger partial charge in [0.15, 0.2) is 0 Å². The summed E-state index contributed by atoms with van der Waals surface area (Å²) in [6.45, 7) is 0.222. The predicted molar refractivity (Wildman–Crippen MR) is 108 cm³/mol. The van der Waals surface area contributed by atoms with Crippen molar-refractivity contribution in [2.45, 2.75) is 25.4 Å². The Hall–Kier alpha value is -3.33. The lowest BCUT2D eigenvalue weighted by Crippen LogP contribution is -2.52. The maximum absolute atomic E-state index is 12.8. The molecule has 1 fully saturated rings. The van der Waals surface area contributed by atoms with Crippen molar-refractivity contribution in [1.29, 1.82) is 0 Å². The number of rotatable bonds is 3. The summed E-state index contributed by atoms with van der Waals surface area (Å²) in [4.78, 5) is 62.5. The van der Waals surface area contributed by atoms with E-state index in [1.807, 2.05) is 0 Å². The molecule has 5 amide bonds. The van der Waals surface area contributed by atoms with Crippen molar-refractivity contribution in [3.05, 3.63) is 69.2 Å². The zero-order chi connectivity index (χ0) is 21.4. The van der Waals surface area contributed by atoms with Gasteiger partial charge in [-0.1, -0.05) is 22.0 Å². The second-order valence-corrected chi connectivity index (χ2v) is 7.98. The molecule has 2 aromatic rings. The fraction of sp³-hybridized carbons (Fsp3) is 0.190. The molecule has 2 aliphatic rings. The Morgan fingerprint density at radius 3 is 2.37 bits per heavy atom. The molecule has 2 aliphatic heterocycles. The normalized spacial score (nSPS) is 18.1. The zero-order valence-electron chi connectivity index (χ0n) is 15.6. The van der Waals surface area contributed by atoms with Crippen molar-refractivity contribution in [2.24, 2.45) is 0 Å². The average Bonchev–Trinajstić information content (AvgIpc) is 3.04. The lowest BCUT2D eigenvalue weighted by atomic mass is 10.0. The van der Waals surface area contributed by atoms with Gasteiger partial charge in [-0.3, -0.25) is 34.6 Å². The number of nitrogens with zero attached hydrogens (tertiary/aromatic N) is 1. The van der Waals surface area contributed by atoms with Crippen LogP contribution in [0.3, 0.4) is 0 Å². The van der Waals surface area contributed by atoms with E-state index >= 15 is 0 Å². The van der Waals surface area contributed by atoms with Gasteiger partial charge in [0.05, 0.1) is 0 Å². The number of imide groups is 2. The van der Waals surface area contributed by atoms with Gasteiger partial charge in [0.25, 0.3) is 17.7 Å². The standard InChI is InChI=1S/C21H16BrN3O5/c22-14-5-3-11(4-6-14)18(27)24-19(28)12-1-2-13-10-25(21(30)15(13)9-12)16-7-8-17(26)23-20(16)29/h1-6,9,16H,7-8,10H2,(H,23,26,29)(H,24,27,28). The fourth-order valence-corrected chi connectivity index (χ4v) is 3.81. The monoisotopic (exact) mass is 469 g/mol. The maximum atomic E-state index is 12.8. The number of fused-ring (bicyclic) bond motifs is 1. The SMILES string of the molecule is O=C1CCC(N2Cc3ccc(C(=O)NC(=O)c4ccc(Br)cc4)cc3C2=O)C(=O)N1. The molecule has 0 saturated carbocycles. The molecule has 4 rings (SSSR count). The number of benzene rings is 2. The van der Waals surface area contributed by atoms with Crippen LogP contribution in [0.25, 0.3) is 0 Å². The highest BCUT2D eigenvalue weighted by atomic mass is 79.9. The van der Waals surface area contributed by atoms with Crippen LogP contribution in [-0.2, 0) is 16.1 Å². The second kappa shape index (κ2) is 7.83. The van der Waals surface area contributed by atoms with Gasteiger partial charge in [-0.2, -0.15) is 0 Å². The highest BCUT2D eigenvalue weighted by molar-refractivity contribution is 9.10. The molecule has 2 heterocycles. The summed E-state index contributed by atoms with van der Waals surface area (Å²) >= 11 is 3.28. The van der Waals surface area contributed by atoms with Gasteiger partial charge in [0, 0.05) is 34.1 Å². The fourth-order valence-electron chi connectivity index (χ4n) is 3.54. The third kappa shape index (κ3) is 3.76. The topological polar surface area (TPSA) is 113 Å². The summed E-state index contributed by atoms with van der Waals surface area (Å²) in [6.07, 6.45) is 0.432. The summed E-state index contributed by atoms with van der Waals surface area (Å²) in [6, 6.07) is 10.4. The molecule has 1 unspecified atom stereocenters. The van der Waals surface area contributed by atoms with Gasteiger partial charge in [0.1, 0.15) is 6.04 Å². The smallest absolute Gasteiger partial charge is 0.258 e. The van der Waals surface area contributed by atoms with Crippen molar-refractivity contribution in [3.63, 3.8) is 0 Å². The predicted octanol–water partition coefficient (Wildman–Crippen LogP) is 1.78. The molecule has 8 nitrogen and oxygen atoms in total. The summed E-state index contributed by atoms with van der Waals surface area (Å²) in [5, 5.41) is 4.55. The van der Waals surface area contributed by atoms with Gasteiger partial charge in [-0.15, -0.1) is 0 Å². The Morgan fingerprint density at radius 1 is 1.00 bits per heavy atom. The van der Waals surface area contributed by atoms with Crippen LogP contribution in [0.4, 0.5) is 0 Å². The van der Waals surface area contributed by atoms with Crippen molar-refractivity contribution in [3.8, 4) is 0 Å². The number of hydrogen-bond donors (Lipinski definition) is 2. The summed E-state index contributed by atoms with van der Waals surface area (Å²) < 4.78 is 0.808. The van der Waals surface area contributed by atoms with Crippen LogP contribution in [0.1, 0.15) is 49.5 Å². The number of piperidine rings is 1. The van der Waals surface area contributed by atoms with Crippen molar-refractivity contribution >= 4 is 45.5 Å². The minimum Gasteiger partial charge on any atom is -0.322 e. The molecule has 1 saturated heterocycles. The Kier molecular flexibility index (Phi) is 5.21. The van der Waals surface area contributed by atoms with Crippen LogP contribution in [-0.4, -0.2) is 40.5 Å². The van der Waals surface area contributed by atoms with E-state index in [4.69, 9.17) is 0 Å². The van der Waals surface area contributed by atoms with Crippen LogP contribution in [0.2, 0.25) is 0 Å². The Balaban J connectivity index is 1.49. The third-order valence-corrected chi connectivity index (χ3v) is 5.65. The summed E-state index contributed by atoms with van der Waals surface area (Å²) in [5.41, 5.74) is 1.48. The Morgan fingerprint density at radius 2 is 1.67 bits per heavy atom. The number of carbonyl (C=O) groups is 5. The third-order valence-electron chi connectivity index (χ3n) is 5.12. The molecule has 2 aromatic carbocycles. The number of nitrogens with one attached hydrogen (secondary N) is 2. The zero-order valence-corrected chi connectivity index (χ0v) is 17.2. The summed E-state index contributed by atoms with van der Waals surface area (Å²) in [7, 11) is 0. The Labute approximate surface area is 179 Å². The van der Waals surface area contributed by atoms with Gasteiger partial charge in [0.2, 0.25) is 11.8 Å². The first-order valence-corrected chi connectivity index (χ1v) is 10.0. The number of halogens is 1. The largest absolute Gasteiger partial charge is 0.322 e. The molecule has 2 N–H and O–H groups in total. The molecular formula is C21H16BrN3O5. The van der Waals surface area contributed by atoms with Crippen molar-refractivity contribution < 1.29 is 24.0 Å². The van der Waals surface area contributed by atoms with Crippen LogP contribution in [0.5, 0.6) is 0 Å². The molecule has 0 spiro atoms. The van der Waals surface area contributed by atoms with Gasteiger partial charge >= 0.3 is 0 Å². The first-order valence-electron chi connectivity index (χ1n) is 9.22. The average molecular weight is 470 g/mol. The van der Waals surface area contributed by atoms with Crippen LogP contribution < -0.4 is 10.6 Å². The molecule has 9 heteroatoms. The molecule has 0 aliphatic carbocycles.